The van der Waals surface area contributed by atoms with E-state index in [1.807, 2.05) is 43.6 Å². The van der Waals surface area contributed by atoms with Gasteiger partial charge in [-0.05, 0) is 43.8 Å². The number of benzene rings is 2. The second kappa shape index (κ2) is 6.38. The highest BCUT2D eigenvalue weighted by atomic mass is 28.3. The van der Waals surface area contributed by atoms with Gasteiger partial charge < -0.3 is 8.99 Å². The molecule has 0 atom stereocenters. The molecule has 5 heteroatoms. The van der Waals surface area contributed by atoms with Crippen LogP contribution in [-0.4, -0.2) is 24.8 Å². The van der Waals surface area contributed by atoms with Crippen LogP contribution in [0.4, 0.5) is 5.69 Å². The normalized spacial score (nSPS) is 11.7. The van der Waals surface area contributed by atoms with Gasteiger partial charge in [-0.1, -0.05) is 24.3 Å². The van der Waals surface area contributed by atoms with E-state index in [9.17, 15) is 0 Å². The first-order valence-corrected chi connectivity index (χ1v) is 10.6. The standard InChI is InChI=1S/C18H21N3OSi/c1-13-8-7-11-16(22-23(3)4)18(13)19-12-17-20-14-9-5-6-10-15(14)21(17)2/h5-12,23H,1-4H3/p+1. The molecule has 23 heavy (non-hydrogen) atoms. The number of nitrogens with zero attached hydrogens (tertiary/aromatic N) is 3. The van der Waals surface area contributed by atoms with Crippen LogP contribution in [0, 0.1) is 6.92 Å². The van der Waals surface area contributed by atoms with Crippen molar-refractivity contribution in [1.29, 1.82) is 0 Å². The summed E-state index contributed by atoms with van der Waals surface area (Å²) in [7, 11) is 0.833. The molecule has 118 valence electrons. The lowest BCUT2D eigenvalue weighted by atomic mass is 10.2. The molecule has 0 saturated carbocycles. The van der Waals surface area contributed by atoms with E-state index in [0.29, 0.717) is 0 Å². The van der Waals surface area contributed by atoms with Crippen molar-refractivity contribution in [2.75, 3.05) is 0 Å². The van der Waals surface area contributed by atoms with E-state index < -0.39 is 9.04 Å². The molecule has 0 aliphatic rings. The fourth-order valence-electron chi connectivity index (χ4n) is 2.55. The third-order valence-corrected chi connectivity index (χ3v) is 4.42. The Labute approximate surface area is 139 Å². The molecule has 0 unspecified atom stereocenters. The van der Waals surface area contributed by atoms with Gasteiger partial charge in [0.15, 0.2) is 5.82 Å². The van der Waals surface area contributed by atoms with Crippen molar-refractivity contribution in [3.8, 4) is 5.75 Å². The molecule has 0 radical (unpaired) electrons. The average Bonchev–Trinajstić information content (AvgIpc) is 2.83. The fourth-order valence-corrected chi connectivity index (χ4v) is 3.25. The summed E-state index contributed by atoms with van der Waals surface area (Å²) in [6.07, 6.45) is 1.82. The molecular weight excluding hydrogens is 302 g/mol. The number of aryl methyl sites for hydroxylation is 2. The Bertz CT molecular complexity index is 874. The van der Waals surface area contributed by atoms with Gasteiger partial charge >= 0.3 is 1.43 Å². The summed E-state index contributed by atoms with van der Waals surface area (Å²) in [5, 5.41) is 0. The molecule has 4 nitrogen and oxygen atoms in total. The number of fused-ring (bicyclic) bond motifs is 1. The second-order valence-corrected chi connectivity index (χ2v) is 8.20. The minimum absolute atomic E-state index is 0. The molecule has 0 bridgehead atoms. The monoisotopic (exact) mass is 324 g/mol. The summed E-state index contributed by atoms with van der Waals surface area (Å²) in [5.74, 6) is 1.70. The molecule has 3 aromatic rings. The van der Waals surface area contributed by atoms with Crippen LogP contribution in [0.15, 0.2) is 47.5 Å². The van der Waals surface area contributed by atoms with Crippen molar-refractivity contribution >= 4 is 32.0 Å². The molecule has 0 amide bonds. The molecule has 0 fully saturated rings. The molecule has 0 N–H and O–H groups in total. The maximum atomic E-state index is 6.00. The first-order valence-electron chi connectivity index (χ1n) is 7.78. The first-order chi connectivity index (χ1) is 11.1. The van der Waals surface area contributed by atoms with Crippen molar-refractivity contribution in [2.24, 2.45) is 12.0 Å². The van der Waals surface area contributed by atoms with Crippen molar-refractivity contribution in [3.05, 3.63) is 53.9 Å². The number of aliphatic imine (C=N–C) groups is 1. The minimum atomic E-state index is -1.17. The molecule has 2 aromatic carbocycles. The molecular formula is C18H22N3OSi+. The quantitative estimate of drug-likeness (QED) is 0.535. The van der Waals surface area contributed by atoms with Gasteiger partial charge in [0.05, 0.1) is 17.2 Å². The van der Waals surface area contributed by atoms with Crippen LogP contribution in [0.3, 0.4) is 0 Å². The average molecular weight is 324 g/mol. The summed E-state index contributed by atoms with van der Waals surface area (Å²) >= 11 is 0. The Kier molecular flexibility index (Phi) is 4.30. The van der Waals surface area contributed by atoms with Crippen molar-refractivity contribution in [1.82, 2.24) is 9.55 Å². The van der Waals surface area contributed by atoms with E-state index in [2.05, 4.69) is 46.7 Å². The number of hydrogen-bond donors (Lipinski definition) is 0. The summed E-state index contributed by atoms with van der Waals surface area (Å²) in [6, 6.07) is 14.1. The topological polar surface area (TPSA) is 39.4 Å². The van der Waals surface area contributed by atoms with Crippen LogP contribution < -0.4 is 4.43 Å². The number of rotatable bonds is 4. The zero-order valence-corrected chi connectivity index (χ0v) is 15.1. The van der Waals surface area contributed by atoms with Crippen LogP contribution in [0.1, 0.15) is 12.8 Å². The highest BCUT2D eigenvalue weighted by molar-refractivity contribution is 6.49. The number of para-hydroxylation sites is 3. The Morgan fingerprint density at radius 1 is 1.17 bits per heavy atom. The maximum absolute atomic E-state index is 6.00. The van der Waals surface area contributed by atoms with E-state index in [4.69, 9.17) is 4.43 Å². The minimum Gasteiger partial charge on any atom is -0.546 e. The molecule has 0 aliphatic heterocycles. The maximum Gasteiger partial charge on any atom is 1.00 e. The summed E-state index contributed by atoms with van der Waals surface area (Å²) in [5.41, 5.74) is 4.07. The predicted octanol–water partition coefficient (Wildman–Crippen LogP) is 4.11. The number of imidazole rings is 1. The lowest BCUT2D eigenvalue weighted by Gasteiger charge is -2.13. The van der Waals surface area contributed by atoms with Crippen LogP contribution >= 0.6 is 0 Å². The van der Waals surface area contributed by atoms with E-state index in [0.717, 1.165) is 33.9 Å². The number of hydrogen-bond acceptors (Lipinski definition) is 3. The van der Waals surface area contributed by atoms with Crippen LogP contribution in [-0.2, 0) is 7.05 Å². The number of aromatic nitrogens is 2. The van der Waals surface area contributed by atoms with Gasteiger partial charge in [-0.25, -0.2) is 9.98 Å². The van der Waals surface area contributed by atoms with Gasteiger partial charge in [0.2, 0.25) is 9.04 Å². The molecule has 0 spiro atoms. The second-order valence-electron chi connectivity index (χ2n) is 5.86. The zero-order chi connectivity index (χ0) is 16.4. The SMILES string of the molecule is Cc1cccc(O[SiH](C)C)c1N=Cc1nc2ccccc2n1C.[H+]. The fraction of sp³-hybridized carbons (Fsp3) is 0.222. The Morgan fingerprint density at radius 2 is 1.96 bits per heavy atom. The predicted molar refractivity (Wildman–Crippen MR) is 99.8 cm³/mol. The Morgan fingerprint density at radius 3 is 2.70 bits per heavy atom. The summed E-state index contributed by atoms with van der Waals surface area (Å²) in [4.78, 5) is 9.30. The van der Waals surface area contributed by atoms with Gasteiger partial charge in [-0.3, -0.25) is 0 Å². The smallest absolute Gasteiger partial charge is 0.546 e. The first kappa shape index (κ1) is 15.5. The lowest BCUT2D eigenvalue weighted by Crippen LogP contribution is -2.11. The van der Waals surface area contributed by atoms with Gasteiger partial charge in [0.25, 0.3) is 0 Å². The largest absolute Gasteiger partial charge is 1.00 e. The van der Waals surface area contributed by atoms with E-state index in [-0.39, 0.29) is 1.43 Å². The molecule has 0 saturated heterocycles. The summed E-state index contributed by atoms with van der Waals surface area (Å²) in [6.45, 7) is 6.36. The van der Waals surface area contributed by atoms with E-state index in [1.165, 1.54) is 0 Å². The van der Waals surface area contributed by atoms with E-state index in [1.54, 1.807) is 0 Å². The zero-order valence-electron chi connectivity index (χ0n) is 14.9. The molecule has 1 heterocycles. The highest BCUT2D eigenvalue weighted by Gasteiger charge is 2.09. The molecule has 3 rings (SSSR count). The van der Waals surface area contributed by atoms with E-state index >= 15 is 0 Å². The lowest BCUT2D eigenvalue weighted by molar-refractivity contribution is 0.581. The molecule has 0 aliphatic carbocycles. The van der Waals surface area contributed by atoms with Gasteiger partial charge in [0.1, 0.15) is 11.4 Å². The third kappa shape index (κ3) is 3.19. The van der Waals surface area contributed by atoms with Crippen LogP contribution in [0.25, 0.3) is 11.0 Å². The third-order valence-electron chi connectivity index (χ3n) is 3.69. The van der Waals surface area contributed by atoms with Crippen LogP contribution in [0.5, 0.6) is 5.75 Å². The Balaban J connectivity index is 0.00000208. The Hall–Kier alpha value is -2.40. The molecule has 1 aromatic heterocycles. The van der Waals surface area contributed by atoms with Crippen molar-refractivity contribution < 1.29 is 5.85 Å². The van der Waals surface area contributed by atoms with Crippen molar-refractivity contribution in [3.63, 3.8) is 0 Å². The summed E-state index contributed by atoms with van der Waals surface area (Å²) < 4.78 is 8.05. The van der Waals surface area contributed by atoms with Gasteiger partial charge in [-0.2, -0.15) is 0 Å². The van der Waals surface area contributed by atoms with Crippen molar-refractivity contribution in [2.45, 2.75) is 20.0 Å². The highest BCUT2D eigenvalue weighted by Crippen LogP contribution is 2.31. The van der Waals surface area contributed by atoms with Gasteiger partial charge in [-0.15, -0.1) is 0 Å². The van der Waals surface area contributed by atoms with Crippen LogP contribution in [0.2, 0.25) is 13.1 Å². The van der Waals surface area contributed by atoms with Gasteiger partial charge in [0, 0.05) is 7.05 Å².